The Morgan fingerprint density at radius 1 is 1.03 bits per heavy atom. The van der Waals surface area contributed by atoms with Crippen molar-refractivity contribution >= 4 is 10.9 Å². The molecule has 0 spiro atoms. The van der Waals surface area contributed by atoms with Crippen molar-refractivity contribution in [3.63, 3.8) is 0 Å². The largest absolute Gasteiger partial charge is 0.490 e. The van der Waals surface area contributed by atoms with Crippen molar-refractivity contribution in [2.75, 3.05) is 33.4 Å². The molecule has 1 aliphatic heterocycles. The molecule has 0 radical (unpaired) electrons. The van der Waals surface area contributed by atoms with Gasteiger partial charge in [0.05, 0.1) is 18.4 Å². The Morgan fingerprint density at radius 3 is 2.56 bits per heavy atom. The first-order chi connectivity index (χ1) is 16.7. The Bertz CT molecular complexity index is 890. The van der Waals surface area contributed by atoms with Gasteiger partial charge < -0.3 is 19.5 Å². The van der Waals surface area contributed by atoms with E-state index in [0.717, 1.165) is 60.6 Å². The number of rotatable bonds is 10. The molecule has 2 heterocycles. The van der Waals surface area contributed by atoms with Crippen LogP contribution in [0.5, 0.6) is 11.5 Å². The summed E-state index contributed by atoms with van der Waals surface area (Å²) in [6.45, 7) is 8.61. The molecule has 34 heavy (non-hydrogen) atoms. The zero-order chi connectivity index (χ0) is 23.8. The van der Waals surface area contributed by atoms with Crippen LogP contribution in [0.3, 0.4) is 0 Å². The topological polar surface area (TPSA) is 55.9 Å². The molecule has 1 atom stereocenters. The van der Waals surface area contributed by atoms with E-state index in [1.54, 1.807) is 7.11 Å². The lowest BCUT2D eigenvalue weighted by molar-refractivity contribution is 0.119. The van der Waals surface area contributed by atoms with Gasteiger partial charge in [0.2, 0.25) is 0 Å². The minimum absolute atomic E-state index is 0.275. The van der Waals surface area contributed by atoms with Gasteiger partial charge >= 0.3 is 0 Å². The highest BCUT2D eigenvalue weighted by Crippen LogP contribution is 2.34. The van der Waals surface area contributed by atoms with Gasteiger partial charge in [0.15, 0.2) is 0 Å². The second-order valence-electron chi connectivity index (χ2n) is 10.1. The van der Waals surface area contributed by atoms with Gasteiger partial charge in [0, 0.05) is 43.7 Å². The van der Waals surface area contributed by atoms with Gasteiger partial charge in [0.1, 0.15) is 23.6 Å². The SMILES string of the molecule is COCCOc1cc(CN(C(C)C)[C@@H]2CCCNC2)nc2c(OC3CCCCCC3)cccc12. The van der Waals surface area contributed by atoms with Crippen LogP contribution in [0, 0.1) is 0 Å². The summed E-state index contributed by atoms with van der Waals surface area (Å²) in [6.07, 6.45) is 10.1. The number of piperidine rings is 1. The van der Waals surface area contributed by atoms with Gasteiger partial charge in [-0.25, -0.2) is 4.98 Å². The fourth-order valence-corrected chi connectivity index (χ4v) is 5.35. The number of ether oxygens (including phenoxy) is 3. The molecule has 1 saturated carbocycles. The van der Waals surface area contributed by atoms with E-state index >= 15 is 0 Å². The third-order valence-electron chi connectivity index (χ3n) is 7.21. The van der Waals surface area contributed by atoms with Crippen LogP contribution >= 0.6 is 0 Å². The van der Waals surface area contributed by atoms with E-state index in [9.17, 15) is 0 Å². The van der Waals surface area contributed by atoms with Crippen molar-refractivity contribution in [2.45, 2.75) is 89.9 Å². The quantitative estimate of drug-likeness (QED) is 0.375. The molecule has 0 amide bonds. The molecule has 1 saturated heterocycles. The third kappa shape index (κ3) is 6.61. The number of benzene rings is 1. The summed E-state index contributed by atoms with van der Waals surface area (Å²) in [5, 5.41) is 4.59. The summed E-state index contributed by atoms with van der Waals surface area (Å²) in [6, 6.07) is 9.33. The lowest BCUT2D eigenvalue weighted by Gasteiger charge is -2.37. The Morgan fingerprint density at radius 2 is 1.85 bits per heavy atom. The first-order valence-corrected chi connectivity index (χ1v) is 13.3. The molecule has 2 fully saturated rings. The molecule has 1 aromatic carbocycles. The maximum absolute atomic E-state index is 6.59. The molecule has 0 unspecified atom stereocenters. The van der Waals surface area contributed by atoms with Gasteiger partial charge in [-0.2, -0.15) is 0 Å². The summed E-state index contributed by atoms with van der Waals surface area (Å²) in [5.74, 6) is 1.76. The van der Waals surface area contributed by atoms with E-state index in [1.165, 1.54) is 38.5 Å². The Kier molecular flexibility index (Phi) is 9.42. The zero-order valence-electron chi connectivity index (χ0n) is 21.4. The Labute approximate surface area is 205 Å². The van der Waals surface area contributed by atoms with E-state index in [4.69, 9.17) is 19.2 Å². The predicted molar refractivity (Wildman–Crippen MR) is 138 cm³/mol. The Balaban J connectivity index is 1.65. The van der Waals surface area contributed by atoms with Crippen LogP contribution in [0.2, 0.25) is 0 Å². The molecule has 6 nitrogen and oxygen atoms in total. The van der Waals surface area contributed by atoms with E-state index in [1.807, 2.05) is 0 Å². The first kappa shape index (κ1) is 25.2. The molecular formula is C28H43N3O3. The van der Waals surface area contributed by atoms with Crippen molar-refractivity contribution < 1.29 is 14.2 Å². The van der Waals surface area contributed by atoms with Gasteiger partial charge in [-0.1, -0.05) is 18.9 Å². The normalized spacial score (nSPS) is 20.1. The number of nitrogens with zero attached hydrogens (tertiary/aromatic N) is 2. The minimum Gasteiger partial charge on any atom is -0.490 e. The van der Waals surface area contributed by atoms with Crippen LogP contribution in [-0.2, 0) is 11.3 Å². The average Bonchev–Trinajstić information content (AvgIpc) is 3.12. The molecule has 1 aromatic heterocycles. The van der Waals surface area contributed by atoms with Crippen molar-refractivity contribution in [1.29, 1.82) is 0 Å². The average molecular weight is 470 g/mol. The van der Waals surface area contributed by atoms with Crippen molar-refractivity contribution in [3.8, 4) is 11.5 Å². The van der Waals surface area contributed by atoms with E-state index in [2.05, 4.69) is 48.3 Å². The fraction of sp³-hybridized carbons (Fsp3) is 0.679. The summed E-state index contributed by atoms with van der Waals surface area (Å²) in [5.41, 5.74) is 1.96. The van der Waals surface area contributed by atoms with Crippen molar-refractivity contribution in [3.05, 3.63) is 30.0 Å². The summed E-state index contributed by atoms with van der Waals surface area (Å²) < 4.78 is 18.0. The van der Waals surface area contributed by atoms with Crippen LogP contribution in [0.4, 0.5) is 0 Å². The summed E-state index contributed by atoms with van der Waals surface area (Å²) in [4.78, 5) is 7.75. The highest BCUT2D eigenvalue weighted by Gasteiger charge is 2.25. The molecule has 188 valence electrons. The first-order valence-electron chi connectivity index (χ1n) is 13.3. The maximum Gasteiger partial charge on any atom is 0.146 e. The predicted octanol–water partition coefficient (Wildman–Crippen LogP) is 5.32. The van der Waals surface area contributed by atoms with Gasteiger partial charge in [0.25, 0.3) is 0 Å². The van der Waals surface area contributed by atoms with Crippen LogP contribution < -0.4 is 14.8 Å². The molecule has 0 bridgehead atoms. The van der Waals surface area contributed by atoms with Crippen LogP contribution in [0.25, 0.3) is 10.9 Å². The standard InChI is InChI=1S/C28H43N3O3/c1-21(2)31(23-10-9-15-29-19-23)20-22-18-27(33-17-16-32-3)25-13-8-14-26(28(25)30-22)34-24-11-6-4-5-7-12-24/h8,13-14,18,21,23-24,29H,4-7,9-12,15-17,19-20H2,1-3H3/t23-/m1/s1. The number of para-hydroxylation sites is 1. The molecular weight excluding hydrogens is 426 g/mol. The number of methoxy groups -OCH3 is 1. The van der Waals surface area contributed by atoms with Crippen molar-refractivity contribution in [2.24, 2.45) is 0 Å². The molecule has 1 N–H and O–H groups in total. The van der Waals surface area contributed by atoms with Gasteiger partial charge in [-0.15, -0.1) is 0 Å². The lowest BCUT2D eigenvalue weighted by atomic mass is 10.0. The summed E-state index contributed by atoms with van der Waals surface area (Å²) in [7, 11) is 1.71. The second-order valence-corrected chi connectivity index (χ2v) is 10.1. The second kappa shape index (κ2) is 12.7. The fourth-order valence-electron chi connectivity index (χ4n) is 5.35. The molecule has 4 rings (SSSR count). The third-order valence-corrected chi connectivity index (χ3v) is 7.21. The van der Waals surface area contributed by atoms with Crippen LogP contribution in [0.15, 0.2) is 24.3 Å². The number of pyridine rings is 1. The highest BCUT2D eigenvalue weighted by molar-refractivity contribution is 5.90. The molecule has 6 heteroatoms. The maximum atomic E-state index is 6.59. The number of aromatic nitrogens is 1. The van der Waals surface area contributed by atoms with E-state index < -0.39 is 0 Å². The highest BCUT2D eigenvalue weighted by atomic mass is 16.5. The van der Waals surface area contributed by atoms with Crippen LogP contribution in [-0.4, -0.2) is 61.5 Å². The Hall–Kier alpha value is -1.89. The lowest BCUT2D eigenvalue weighted by Crippen LogP contribution is -2.48. The zero-order valence-corrected chi connectivity index (χ0v) is 21.4. The number of hydrogen-bond acceptors (Lipinski definition) is 6. The number of fused-ring (bicyclic) bond motifs is 1. The summed E-state index contributed by atoms with van der Waals surface area (Å²) >= 11 is 0. The van der Waals surface area contributed by atoms with Crippen LogP contribution in [0.1, 0.15) is 70.9 Å². The van der Waals surface area contributed by atoms with Gasteiger partial charge in [-0.05, 0) is 71.0 Å². The number of hydrogen-bond donors (Lipinski definition) is 1. The molecule has 1 aliphatic carbocycles. The van der Waals surface area contributed by atoms with Crippen molar-refractivity contribution in [1.82, 2.24) is 15.2 Å². The molecule has 2 aromatic rings. The molecule has 2 aliphatic rings. The monoisotopic (exact) mass is 469 g/mol. The van der Waals surface area contributed by atoms with E-state index in [0.29, 0.717) is 25.3 Å². The smallest absolute Gasteiger partial charge is 0.146 e. The minimum atomic E-state index is 0.275. The number of nitrogens with one attached hydrogen (secondary N) is 1. The van der Waals surface area contributed by atoms with Gasteiger partial charge in [-0.3, -0.25) is 4.90 Å². The van der Waals surface area contributed by atoms with E-state index in [-0.39, 0.29) is 6.10 Å².